The van der Waals surface area contributed by atoms with Crippen LogP contribution in [0.25, 0.3) is 0 Å². The minimum atomic E-state index is -0.596. The second kappa shape index (κ2) is 6.85. The van der Waals surface area contributed by atoms with Gasteiger partial charge in [0.25, 0.3) is 0 Å². The summed E-state index contributed by atoms with van der Waals surface area (Å²) in [6.07, 6.45) is 1.33. The first-order valence-corrected chi connectivity index (χ1v) is 6.98. The molecule has 1 aliphatic heterocycles. The molecule has 1 amide bonds. The molecule has 1 aliphatic rings. The summed E-state index contributed by atoms with van der Waals surface area (Å²) in [5.41, 5.74) is 0.0522. The number of nitrogens with one attached hydrogen (secondary N) is 1. The van der Waals surface area contributed by atoms with E-state index in [0.29, 0.717) is 13.0 Å². The van der Waals surface area contributed by atoms with Crippen molar-refractivity contribution in [3.05, 3.63) is 29.3 Å². The van der Waals surface area contributed by atoms with E-state index in [0.717, 1.165) is 13.0 Å². The molecule has 1 aromatic rings. The third kappa shape index (κ3) is 3.91. The second-order valence-corrected chi connectivity index (χ2v) is 5.34. The number of carbonyl (C=O) groups excluding carboxylic acids is 1. The molecule has 0 spiro atoms. The Morgan fingerprint density at radius 1 is 1.43 bits per heavy atom. The van der Waals surface area contributed by atoms with Crippen molar-refractivity contribution in [2.24, 2.45) is 5.92 Å². The number of nitrogens with zero attached hydrogens (tertiary/aromatic N) is 1. The minimum absolute atomic E-state index is 0.00339. The van der Waals surface area contributed by atoms with Crippen molar-refractivity contribution in [3.63, 3.8) is 0 Å². The van der Waals surface area contributed by atoms with E-state index in [-0.39, 0.29) is 29.7 Å². The average molecular weight is 298 g/mol. The Kier molecular flexibility index (Phi) is 5.12. The van der Waals surface area contributed by atoms with Crippen LogP contribution in [0.1, 0.15) is 18.4 Å². The fourth-order valence-corrected chi connectivity index (χ4v) is 2.66. The molecular weight excluding hydrogens is 278 g/mol. The predicted octanol–water partition coefficient (Wildman–Crippen LogP) is 1.93. The first-order chi connectivity index (χ1) is 10.0. The molecule has 1 fully saturated rings. The van der Waals surface area contributed by atoms with Crippen LogP contribution >= 0.6 is 0 Å². The van der Waals surface area contributed by atoms with E-state index in [9.17, 15) is 13.6 Å². The number of amides is 1. The van der Waals surface area contributed by atoms with E-state index in [2.05, 4.69) is 5.32 Å². The van der Waals surface area contributed by atoms with Crippen LogP contribution in [0.5, 0.6) is 5.75 Å². The second-order valence-electron chi connectivity index (χ2n) is 5.34. The van der Waals surface area contributed by atoms with Gasteiger partial charge in [0.05, 0.1) is 7.11 Å². The van der Waals surface area contributed by atoms with Crippen LogP contribution in [-0.4, -0.2) is 38.1 Å². The number of benzene rings is 1. The van der Waals surface area contributed by atoms with Gasteiger partial charge in [0.15, 0.2) is 0 Å². The fraction of sp³-hybridized carbons (Fsp3) is 0.533. The van der Waals surface area contributed by atoms with Crippen LogP contribution in [0, 0.1) is 17.6 Å². The quantitative estimate of drug-likeness (QED) is 0.903. The first-order valence-electron chi connectivity index (χ1n) is 6.98. The molecule has 6 heteroatoms. The fourth-order valence-electron chi connectivity index (χ4n) is 2.66. The Morgan fingerprint density at radius 2 is 2.10 bits per heavy atom. The molecule has 1 atom stereocenters. The molecule has 0 unspecified atom stereocenters. The van der Waals surface area contributed by atoms with Gasteiger partial charge in [-0.25, -0.2) is 8.78 Å². The SMILES string of the molecule is CNC(=O)C[C@@H]1CCN(Cc2c(F)cc(OC)cc2F)C1. The molecule has 4 nitrogen and oxygen atoms in total. The molecule has 1 saturated heterocycles. The van der Waals surface area contributed by atoms with Gasteiger partial charge in [-0.05, 0) is 18.9 Å². The van der Waals surface area contributed by atoms with Crippen LogP contribution in [0.4, 0.5) is 8.78 Å². The largest absolute Gasteiger partial charge is 0.497 e. The molecule has 1 heterocycles. The zero-order chi connectivity index (χ0) is 15.4. The molecule has 0 aliphatic carbocycles. The Bertz CT molecular complexity index is 499. The maximum atomic E-state index is 13.9. The van der Waals surface area contributed by atoms with Crippen LogP contribution in [0.3, 0.4) is 0 Å². The molecule has 1 N–H and O–H groups in total. The zero-order valence-electron chi connectivity index (χ0n) is 12.3. The minimum Gasteiger partial charge on any atom is -0.497 e. The highest BCUT2D eigenvalue weighted by molar-refractivity contribution is 5.75. The monoisotopic (exact) mass is 298 g/mol. The van der Waals surface area contributed by atoms with Crippen molar-refractivity contribution in [3.8, 4) is 5.75 Å². The highest BCUT2D eigenvalue weighted by Gasteiger charge is 2.26. The maximum Gasteiger partial charge on any atom is 0.220 e. The van der Waals surface area contributed by atoms with E-state index in [4.69, 9.17) is 4.74 Å². The lowest BCUT2D eigenvalue weighted by Gasteiger charge is -2.17. The van der Waals surface area contributed by atoms with E-state index >= 15 is 0 Å². The number of hydrogen-bond acceptors (Lipinski definition) is 3. The molecule has 0 saturated carbocycles. The summed E-state index contributed by atoms with van der Waals surface area (Å²) in [6, 6.07) is 2.38. The molecular formula is C15H20F2N2O2. The van der Waals surface area contributed by atoms with Crippen LogP contribution in [0.15, 0.2) is 12.1 Å². The summed E-state index contributed by atoms with van der Waals surface area (Å²) in [7, 11) is 2.98. The van der Waals surface area contributed by atoms with Crippen LogP contribution < -0.4 is 10.1 Å². The highest BCUT2D eigenvalue weighted by Crippen LogP contribution is 2.25. The Balaban J connectivity index is 1.99. The van der Waals surface area contributed by atoms with Crippen molar-refractivity contribution in [1.82, 2.24) is 10.2 Å². The molecule has 0 bridgehead atoms. The van der Waals surface area contributed by atoms with Gasteiger partial charge in [0.1, 0.15) is 17.4 Å². The smallest absolute Gasteiger partial charge is 0.220 e. The Morgan fingerprint density at radius 3 is 2.67 bits per heavy atom. The number of ether oxygens (including phenoxy) is 1. The molecule has 0 radical (unpaired) electrons. The van der Waals surface area contributed by atoms with E-state index < -0.39 is 11.6 Å². The van der Waals surface area contributed by atoms with Gasteiger partial charge >= 0.3 is 0 Å². The Hall–Kier alpha value is -1.69. The van der Waals surface area contributed by atoms with Gasteiger partial charge in [-0.15, -0.1) is 0 Å². The first kappa shape index (κ1) is 15.7. The Labute approximate surface area is 123 Å². The van der Waals surface area contributed by atoms with Crippen molar-refractivity contribution in [1.29, 1.82) is 0 Å². The lowest BCUT2D eigenvalue weighted by Crippen LogP contribution is -2.25. The number of carbonyl (C=O) groups is 1. The third-order valence-electron chi connectivity index (χ3n) is 3.85. The van der Waals surface area contributed by atoms with E-state index in [1.165, 1.54) is 19.2 Å². The van der Waals surface area contributed by atoms with Gasteiger partial charge < -0.3 is 10.1 Å². The van der Waals surface area contributed by atoms with E-state index in [1.807, 2.05) is 4.90 Å². The van der Waals surface area contributed by atoms with Crippen molar-refractivity contribution in [2.75, 3.05) is 27.2 Å². The number of halogens is 2. The average Bonchev–Trinajstić information content (AvgIpc) is 2.89. The number of methoxy groups -OCH3 is 1. The highest BCUT2D eigenvalue weighted by atomic mass is 19.1. The van der Waals surface area contributed by atoms with Crippen LogP contribution in [0.2, 0.25) is 0 Å². The van der Waals surface area contributed by atoms with Gasteiger partial charge in [-0.3, -0.25) is 9.69 Å². The van der Waals surface area contributed by atoms with Gasteiger partial charge in [-0.2, -0.15) is 0 Å². The summed E-state index contributed by atoms with van der Waals surface area (Å²) in [5, 5.41) is 2.60. The maximum absolute atomic E-state index is 13.9. The predicted molar refractivity (Wildman–Crippen MR) is 75.0 cm³/mol. The molecule has 116 valence electrons. The van der Waals surface area contributed by atoms with E-state index in [1.54, 1.807) is 7.05 Å². The van der Waals surface area contributed by atoms with Crippen LogP contribution in [-0.2, 0) is 11.3 Å². The molecule has 1 aromatic carbocycles. The van der Waals surface area contributed by atoms with Crippen molar-refractivity contribution in [2.45, 2.75) is 19.4 Å². The number of rotatable bonds is 5. The van der Waals surface area contributed by atoms with Gasteiger partial charge in [-0.1, -0.05) is 0 Å². The number of likely N-dealkylation sites (tertiary alicyclic amines) is 1. The lowest BCUT2D eigenvalue weighted by atomic mass is 10.0. The topological polar surface area (TPSA) is 41.6 Å². The molecule has 0 aromatic heterocycles. The summed E-state index contributed by atoms with van der Waals surface area (Å²) < 4.78 is 32.6. The summed E-state index contributed by atoms with van der Waals surface area (Å²) in [4.78, 5) is 13.3. The third-order valence-corrected chi connectivity index (χ3v) is 3.85. The molecule has 21 heavy (non-hydrogen) atoms. The molecule has 2 rings (SSSR count). The van der Waals surface area contributed by atoms with Gasteiger partial charge in [0, 0.05) is 44.3 Å². The summed E-state index contributed by atoms with van der Waals surface area (Å²) >= 11 is 0. The van der Waals surface area contributed by atoms with Crippen molar-refractivity contribution >= 4 is 5.91 Å². The number of hydrogen-bond donors (Lipinski definition) is 1. The zero-order valence-corrected chi connectivity index (χ0v) is 12.3. The summed E-state index contributed by atoms with van der Waals surface area (Å²) in [5.74, 6) is -0.770. The summed E-state index contributed by atoms with van der Waals surface area (Å²) in [6.45, 7) is 1.64. The normalized spacial score (nSPS) is 18.8. The standard InChI is InChI=1S/C15H20F2N2O2/c1-18-15(20)5-10-3-4-19(8-10)9-12-13(16)6-11(21-2)7-14(12)17/h6-7,10H,3-5,8-9H2,1-2H3,(H,18,20)/t10-/m0/s1. The van der Waals surface area contributed by atoms with Crippen molar-refractivity contribution < 1.29 is 18.3 Å². The lowest BCUT2D eigenvalue weighted by molar-refractivity contribution is -0.121. The van der Waals surface area contributed by atoms with Gasteiger partial charge in [0.2, 0.25) is 5.91 Å².